The molecule has 3 aromatic carbocycles. The fourth-order valence-corrected chi connectivity index (χ4v) is 5.20. The standard InChI is InChI=1S/C30H25N5O3S/c1-36-23-16-15-20(18-25(23)37-2)19-31-30-33-29(39-22-12-7-4-8-13-22)26(21-10-5-3-6-11-21)28-32-27(34-35(28)30)24-14-9-17-38-24/h3-18H,19H2,1-2H3,(H,31,33). The van der Waals surface area contributed by atoms with Crippen molar-refractivity contribution in [2.24, 2.45) is 0 Å². The van der Waals surface area contributed by atoms with Gasteiger partial charge >= 0.3 is 0 Å². The number of benzene rings is 3. The first-order valence-corrected chi connectivity index (χ1v) is 13.1. The quantitative estimate of drug-likeness (QED) is 0.202. The Kier molecular flexibility index (Phi) is 6.88. The molecule has 0 saturated carbocycles. The largest absolute Gasteiger partial charge is 0.493 e. The number of nitrogens with one attached hydrogen (secondary N) is 1. The number of rotatable bonds is 9. The van der Waals surface area contributed by atoms with E-state index in [0.717, 1.165) is 26.6 Å². The van der Waals surface area contributed by atoms with Gasteiger partial charge in [-0.2, -0.15) is 4.52 Å². The van der Waals surface area contributed by atoms with Crippen LogP contribution in [-0.4, -0.2) is 33.8 Å². The van der Waals surface area contributed by atoms with Crippen molar-refractivity contribution < 1.29 is 13.9 Å². The molecule has 9 heteroatoms. The van der Waals surface area contributed by atoms with Gasteiger partial charge in [-0.25, -0.2) is 9.97 Å². The van der Waals surface area contributed by atoms with Gasteiger partial charge in [-0.05, 0) is 47.5 Å². The van der Waals surface area contributed by atoms with Gasteiger partial charge in [-0.3, -0.25) is 0 Å². The van der Waals surface area contributed by atoms with Crippen LogP contribution in [0.15, 0.2) is 112 Å². The number of ether oxygens (including phenoxy) is 2. The number of anilines is 1. The van der Waals surface area contributed by atoms with Gasteiger partial charge in [0.05, 0.1) is 26.0 Å². The third-order valence-electron chi connectivity index (χ3n) is 6.11. The Morgan fingerprint density at radius 3 is 2.33 bits per heavy atom. The SMILES string of the molecule is COc1ccc(CNc2nc(Sc3ccccc3)c(-c3ccccc3)c3nc(-c4ccco4)nn23)cc1OC. The first kappa shape index (κ1) is 24.6. The first-order valence-electron chi connectivity index (χ1n) is 12.3. The molecule has 8 nitrogen and oxygen atoms in total. The zero-order chi connectivity index (χ0) is 26.6. The lowest BCUT2D eigenvalue weighted by Gasteiger charge is -2.15. The third-order valence-corrected chi connectivity index (χ3v) is 7.11. The molecule has 0 atom stereocenters. The second-order valence-corrected chi connectivity index (χ2v) is 9.65. The number of aromatic nitrogens is 4. The summed E-state index contributed by atoms with van der Waals surface area (Å²) in [6.07, 6.45) is 1.62. The highest BCUT2D eigenvalue weighted by Crippen LogP contribution is 2.39. The van der Waals surface area contributed by atoms with Crippen molar-refractivity contribution in [2.75, 3.05) is 19.5 Å². The number of hydrogen-bond acceptors (Lipinski definition) is 8. The number of furan rings is 1. The normalized spacial score (nSPS) is 11.0. The predicted molar refractivity (Wildman–Crippen MR) is 151 cm³/mol. The molecule has 0 fully saturated rings. The summed E-state index contributed by atoms with van der Waals surface area (Å²) in [5.74, 6) is 2.96. The molecule has 0 unspecified atom stereocenters. The summed E-state index contributed by atoms with van der Waals surface area (Å²) in [4.78, 5) is 11.1. The second kappa shape index (κ2) is 10.9. The van der Waals surface area contributed by atoms with Crippen LogP contribution in [0.1, 0.15) is 5.56 Å². The first-order chi connectivity index (χ1) is 19.2. The van der Waals surface area contributed by atoms with E-state index in [9.17, 15) is 0 Å². The van der Waals surface area contributed by atoms with Gasteiger partial charge in [-0.15, -0.1) is 5.10 Å². The zero-order valence-corrected chi connectivity index (χ0v) is 22.2. The van der Waals surface area contributed by atoms with Crippen LogP contribution in [-0.2, 0) is 6.54 Å². The molecule has 6 aromatic rings. The molecular weight excluding hydrogens is 510 g/mol. The van der Waals surface area contributed by atoms with E-state index in [1.54, 1.807) is 36.8 Å². The minimum atomic E-state index is 0.481. The van der Waals surface area contributed by atoms with E-state index in [1.807, 2.05) is 66.7 Å². The zero-order valence-electron chi connectivity index (χ0n) is 21.4. The molecule has 3 aromatic heterocycles. The molecule has 194 valence electrons. The lowest BCUT2D eigenvalue weighted by atomic mass is 10.1. The summed E-state index contributed by atoms with van der Waals surface area (Å²) < 4.78 is 18.2. The maximum Gasteiger partial charge on any atom is 0.227 e. The average molecular weight is 536 g/mol. The number of methoxy groups -OCH3 is 2. The van der Waals surface area contributed by atoms with E-state index < -0.39 is 0 Å². The van der Waals surface area contributed by atoms with Gasteiger partial charge in [0.15, 0.2) is 22.9 Å². The highest BCUT2D eigenvalue weighted by atomic mass is 32.2. The Hall–Kier alpha value is -4.76. The van der Waals surface area contributed by atoms with Crippen LogP contribution in [0.25, 0.3) is 28.4 Å². The van der Waals surface area contributed by atoms with Gasteiger partial charge in [0.2, 0.25) is 11.8 Å². The molecular formula is C30H25N5O3S. The van der Waals surface area contributed by atoms with E-state index in [-0.39, 0.29) is 0 Å². The molecule has 0 saturated heterocycles. The van der Waals surface area contributed by atoms with Crippen LogP contribution in [0.2, 0.25) is 0 Å². The maximum atomic E-state index is 5.63. The summed E-state index contributed by atoms with van der Waals surface area (Å²) >= 11 is 1.59. The fourth-order valence-electron chi connectivity index (χ4n) is 4.24. The van der Waals surface area contributed by atoms with Crippen molar-refractivity contribution in [3.8, 4) is 34.2 Å². The summed E-state index contributed by atoms with van der Waals surface area (Å²) in [6, 6.07) is 29.8. The molecule has 0 spiro atoms. The molecule has 0 aliphatic rings. The van der Waals surface area contributed by atoms with Crippen molar-refractivity contribution in [1.29, 1.82) is 0 Å². The number of hydrogen-bond donors (Lipinski definition) is 1. The van der Waals surface area contributed by atoms with Crippen molar-refractivity contribution in [3.63, 3.8) is 0 Å². The molecule has 39 heavy (non-hydrogen) atoms. The van der Waals surface area contributed by atoms with Crippen molar-refractivity contribution in [3.05, 3.63) is 103 Å². The predicted octanol–water partition coefficient (Wildman–Crippen LogP) is 6.83. The van der Waals surface area contributed by atoms with Crippen LogP contribution >= 0.6 is 11.8 Å². The maximum absolute atomic E-state index is 5.63. The van der Waals surface area contributed by atoms with E-state index in [1.165, 1.54) is 0 Å². The van der Waals surface area contributed by atoms with Crippen molar-refractivity contribution in [1.82, 2.24) is 19.6 Å². The molecule has 0 aliphatic heterocycles. The Morgan fingerprint density at radius 2 is 1.62 bits per heavy atom. The summed E-state index contributed by atoms with van der Waals surface area (Å²) in [6.45, 7) is 0.485. The van der Waals surface area contributed by atoms with Crippen LogP contribution in [0, 0.1) is 0 Å². The van der Waals surface area contributed by atoms with E-state index in [4.69, 9.17) is 29.0 Å². The van der Waals surface area contributed by atoms with E-state index >= 15 is 0 Å². The van der Waals surface area contributed by atoms with Crippen molar-refractivity contribution in [2.45, 2.75) is 16.5 Å². The summed E-state index contributed by atoms with van der Waals surface area (Å²) in [7, 11) is 3.25. The minimum Gasteiger partial charge on any atom is -0.493 e. The van der Waals surface area contributed by atoms with Gasteiger partial charge in [0.1, 0.15) is 5.03 Å². The van der Waals surface area contributed by atoms with Crippen LogP contribution in [0.5, 0.6) is 11.5 Å². The van der Waals surface area contributed by atoms with Crippen molar-refractivity contribution >= 4 is 23.4 Å². The van der Waals surface area contributed by atoms with Gasteiger partial charge in [0.25, 0.3) is 0 Å². The van der Waals surface area contributed by atoms with E-state index in [2.05, 4.69) is 29.6 Å². The van der Waals surface area contributed by atoms with Crippen LogP contribution in [0.3, 0.4) is 0 Å². The van der Waals surface area contributed by atoms with Gasteiger partial charge < -0.3 is 19.2 Å². The van der Waals surface area contributed by atoms with Crippen LogP contribution in [0.4, 0.5) is 5.95 Å². The highest BCUT2D eigenvalue weighted by Gasteiger charge is 2.22. The Balaban J connectivity index is 1.50. The molecule has 0 aliphatic carbocycles. The third kappa shape index (κ3) is 5.04. The number of nitrogens with zero attached hydrogens (tertiary/aromatic N) is 4. The molecule has 0 amide bonds. The number of fused-ring (bicyclic) bond motifs is 1. The van der Waals surface area contributed by atoms with Gasteiger partial charge in [-0.1, -0.05) is 66.4 Å². The fraction of sp³-hybridized carbons (Fsp3) is 0.100. The molecule has 1 N–H and O–H groups in total. The highest BCUT2D eigenvalue weighted by molar-refractivity contribution is 7.99. The molecule has 6 rings (SSSR count). The lowest BCUT2D eigenvalue weighted by Crippen LogP contribution is -2.10. The Labute approximate surface area is 229 Å². The summed E-state index contributed by atoms with van der Waals surface area (Å²) in [5.41, 5.74) is 3.57. The Morgan fingerprint density at radius 1 is 0.846 bits per heavy atom. The average Bonchev–Trinajstić information content (AvgIpc) is 3.68. The minimum absolute atomic E-state index is 0.481. The smallest absolute Gasteiger partial charge is 0.227 e. The topological polar surface area (TPSA) is 86.7 Å². The lowest BCUT2D eigenvalue weighted by molar-refractivity contribution is 0.354. The molecule has 0 radical (unpaired) electrons. The van der Waals surface area contributed by atoms with Crippen LogP contribution < -0.4 is 14.8 Å². The Bertz CT molecular complexity index is 1700. The second-order valence-electron chi connectivity index (χ2n) is 8.59. The molecule has 3 heterocycles. The van der Waals surface area contributed by atoms with E-state index in [0.29, 0.717) is 41.2 Å². The van der Waals surface area contributed by atoms with Gasteiger partial charge in [0, 0.05) is 11.4 Å². The summed E-state index contributed by atoms with van der Waals surface area (Å²) in [5, 5.41) is 9.07. The monoisotopic (exact) mass is 535 g/mol. The molecule has 0 bridgehead atoms.